The van der Waals surface area contributed by atoms with Gasteiger partial charge in [0.2, 0.25) is 0 Å². The number of nitrogens with zero attached hydrogens (tertiary/aromatic N) is 1. The molecule has 1 unspecified atom stereocenters. The smallest absolute Gasteiger partial charge is 0.0480 e. The largest absolute Gasteiger partial charge is 0.385 e. The van der Waals surface area contributed by atoms with Crippen LogP contribution in [0.3, 0.4) is 0 Å². The second kappa shape index (κ2) is 7.37. The van der Waals surface area contributed by atoms with Crippen molar-refractivity contribution in [3.63, 3.8) is 0 Å². The number of rotatable bonds is 7. The van der Waals surface area contributed by atoms with Crippen LogP contribution >= 0.6 is 0 Å². The van der Waals surface area contributed by atoms with Gasteiger partial charge in [0.05, 0.1) is 0 Å². The van der Waals surface area contributed by atoms with Crippen molar-refractivity contribution in [3.8, 4) is 0 Å². The fourth-order valence-electron chi connectivity index (χ4n) is 1.52. The Morgan fingerprint density at radius 1 is 1.53 bits per heavy atom. The van der Waals surface area contributed by atoms with Crippen LogP contribution < -0.4 is 5.32 Å². The number of ether oxygens (including phenoxy) is 1. The molecular weight excluding hydrogens is 188 g/mol. The second-order valence-electron chi connectivity index (χ2n) is 3.57. The van der Waals surface area contributed by atoms with E-state index in [0.717, 1.165) is 26.0 Å². The van der Waals surface area contributed by atoms with Gasteiger partial charge in [0.1, 0.15) is 0 Å². The van der Waals surface area contributed by atoms with Crippen molar-refractivity contribution in [1.82, 2.24) is 10.3 Å². The Morgan fingerprint density at radius 3 is 3.00 bits per heavy atom. The highest BCUT2D eigenvalue weighted by Crippen LogP contribution is 2.15. The lowest BCUT2D eigenvalue weighted by molar-refractivity contribution is 0.183. The Balaban J connectivity index is 2.55. The summed E-state index contributed by atoms with van der Waals surface area (Å²) in [5.74, 6) is 0. The number of aromatic nitrogens is 1. The van der Waals surface area contributed by atoms with Crippen molar-refractivity contribution in [3.05, 3.63) is 30.1 Å². The topological polar surface area (TPSA) is 34.1 Å². The molecule has 0 fully saturated rings. The summed E-state index contributed by atoms with van der Waals surface area (Å²) < 4.78 is 5.11. The molecule has 0 saturated carbocycles. The molecule has 15 heavy (non-hydrogen) atoms. The van der Waals surface area contributed by atoms with E-state index in [1.54, 1.807) is 13.3 Å². The van der Waals surface area contributed by atoms with Crippen LogP contribution in [0.2, 0.25) is 0 Å². The van der Waals surface area contributed by atoms with E-state index in [9.17, 15) is 0 Å². The maximum absolute atomic E-state index is 5.11. The molecule has 0 bridgehead atoms. The first kappa shape index (κ1) is 12.1. The quantitative estimate of drug-likeness (QED) is 0.745. The molecule has 1 N–H and O–H groups in total. The maximum atomic E-state index is 5.11. The Bertz CT molecular complexity index is 243. The predicted molar refractivity (Wildman–Crippen MR) is 61.8 cm³/mol. The van der Waals surface area contributed by atoms with E-state index in [1.165, 1.54) is 5.56 Å². The summed E-state index contributed by atoms with van der Waals surface area (Å²) in [4.78, 5) is 4.14. The Kier molecular flexibility index (Phi) is 5.97. The first-order chi connectivity index (χ1) is 7.38. The van der Waals surface area contributed by atoms with Gasteiger partial charge in [-0.3, -0.25) is 4.98 Å². The molecule has 1 aromatic rings. The first-order valence-corrected chi connectivity index (χ1v) is 5.50. The molecule has 1 rings (SSSR count). The minimum atomic E-state index is 0.360. The van der Waals surface area contributed by atoms with E-state index in [-0.39, 0.29) is 0 Å². The molecule has 84 valence electrons. The van der Waals surface area contributed by atoms with Crippen LogP contribution in [0.1, 0.15) is 31.4 Å². The van der Waals surface area contributed by atoms with Crippen LogP contribution in [-0.2, 0) is 4.74 Å². The van der Waals surface area contributed by atoms with Gasteiger partial charge in [0.25, 0.3) is 0 Å². The lowest BCUT2D eigenvalue weighted by atomic mass is 10.1. The standard InChI is InChI=1S/C12H20N2O/c1-3-7-14-12(6-9-15-2)11-5-4-8-13-10-11/h4-5,8,10,12,14H,3,6-7,9H2,1-2H3. The highest BCUT2D eigenvalue weighted by atomic mass is 16.5. The summed E-state index contributed by atoms with van der Waals surface area (Å²) in [6.45, 7) is 3.98. The molecule has 1 atom stereocenters. The summed E-state index contributed by atoms with van der Waals surface area (Å²) in [6, 6.07) is 4.44. The van der Waals surface area contributed by atoms with Crippen LogP contribution in [0.5, 0.6) is 0 Å². The summed E-state index contributed by atoms with van der Waals surface area (Å²) in [6.07, 6.45) is 5.85. The molecule has 1 heterocycles. The van der Waals surface area contributed by atoms with Gasteiger partial charge in [-0.25, -0.2) is 0 Å². The zero-order valence-electron chi connectivity index (χ0n) is 9.57. The van der Waals surface area contributed by atoms with Gasteiger partial charge in [-0.1, -0.05) is 13.0 Å². The molecule has 0 aliphatic rings. The van der Waals surface area contributed by atoms with Gasteiger partial charge in [-0.2, -0.15) is 0 Å². The van der Waals surface area contributed by atoms with Crippen molar-refractivity contribution in [2.75, 3.05) is 20.3 Å². The van der Waals surface area contributed by atoms with Crippen molar-refractivity contribution < 1.29 is 4.74 Å². The third kappa shape index (κ3) is 4.40. The van der Waals surface area contributed by atoms with E-state index < -0.39 is 0 Å². The van der Waals surface area contributed by atoms with Crippen LogP contribution in [0, 0.1) is 0 Å². The van der Waals surface area contributed by atoms with Crippen molar-refractivity contribution in [1.29, 1.82) is 0 Å². The van der Waals surface area contributed by atoms with Gasteiger partial charge in [-0.15, -0.1) is 0 Å². The van der Waals surface area contributed by atoms with Crippen molar-refractivity contribution in [2.45, 2.75) is 25.8 Å². The van der Waals surface area contributed by atoms with E-state index in [1.807, 2.05) is 12.3 Å². The minimum Gasteiger partial charge on any atom is -0.385 e. The van der Waals surface area contributed by atoms with Gasteiger partial charge in [0.15, 0.2) is 0 Å². The summed E-state index contributed by atoms with van der Waals surface area (Å²) in [5.41, 5.74) is 1.24. The third-order valence-corrected chi connectivity index (χ3v) is 2.34. The van der Waals surface area contributed by atoms with Gasteiger partial charge >= 0.3 is 0 Å². The van der Waals surface area contributed by atoms with Crippen molar-refractivity contribution in [2.24, 2.45) is 0 Å². The van der Waals surface area contributed by atoms with Gasteiger partial charge < -0.3 is 10.1 Å². The molecule has 0 spiro atoms. The predicted octanol–water partition coefficient (Wildman–Crippen LogP) is 2.16. The molecule has 0 aliphatic heterocycles. The molecule has 1 aromatic heterocycles. The van der Waals surface area contributed by atoms with Crippen LogP contribution in [0.25, 0.3) is 0 Å². The van der Waals surface area contributed by atoms with Crippen LogP contribution in [0.4, 0.5) is 0 Å². The normalized spacial score (nSPS) is 12.7. The highest BCUT2D eigenvalue weighted by molar-refractivity contribution is 5.13. The van der Waals surface area contributed by atoms with E-state index in [4.69, 9.17) is 4.74 Å². The molecule has 0 radical (unpaired) electrons. The van der Waals surface area contributed by atoms with E-state index in [0.29, 0.717) is 6.04 Å². The monoisotopic (exact) mass is 208 g/mol. The molecule has 0 saturated heterocycles. The zero-order valence-corrected chi connectivity index (χ0v) is 9.57. The highest BCUT2D eigenvalue weighted by Gasteiger charge is 2.09. The summed E-state index contributed by atoms with van der Waals surface area (Å²) >= 11 is 0. The number of hydrogen-bond donors (Lipinski definition) is 1. The molecule has 0 amide bonds. The number of methoxy groups -OCH3 is 1. The number of pyridine rings is 1. The SMILES string of the molecule is CCCNC(CCOC)c1cccnc1. The van der Waals surface area contributed by atoms with E-state index >= 15 is 0 Å². The minimum absolute atomic E-state index is 0.360. The maximum Gasteiger partial charge on any atom is 0.0480 e. The lowest BCUT2D eigenvalue weighted by Crippen LogP contribution is -2.23. The first-order valence-electron chi connectivity index (χ1n) is 5.50. The zero-order chi connectivity index (χ0) is 10.9. The van der Waals surface area contributed by atoms with Gasteiger partial charge in [0, 0.05) is 32.2 Å². The molecule has 3 heteroatoms. The Labute approximate surface area is 91.9 Å². The summed E-state index contributed by atoms with van der Waals surface area (Å²) in [7, 11) is 1.74. The lowest BCUT2D eigenvalue weighted by Gasteiger charge is -2.18. The molecule has 0 aliphatic carbocycles. The summed E-state index contributed by atoms with van der Waals surface area (Å²) in [5, 5.41) is 3.50. The molecule has 3 nitrogen and oxygen atoms in total. The van der Waals surface area contributed by atoms with Crippen molar-refractivity contribution >= 4 is 0 Å². The Morgan fingerprint density at radius 2 is 2.40 bits per heavy atom. The third-order valence-electron chi connectivity index (χ3n) is 2.34. The van der Waals surface area contributed by atoms with Gasteiger partial charge in [-0.05, 0) is 31.0 Å². The van der Waals surface area contributed by atoms with Crippen LogP contribution in [0.15, 0.2) is 24.5 Å². The van der Waals surface area contributed by atoms with Crippen LogP contribution in [-0.4, -0.2) is 25.2 Å². The molecule has 0 aromatic carbocycles. The average Bonchev–Trinajstić information content (AvgIpc) is 2.30. The van der Waals surface area contributed by atoms with E-state index in [2.05, 4.69) is 23.3 Å². The average molecular weight is 208 g/mol. The molecular formula is C12H20N2O. The second-order valence-corrected chi connectivity index (χ2v) is 3.57. The number of hydrogen-bond acceptors (Lipinski definition) is 3. The number of nitrogens with one attached hydrogen (secondary N) is 1. The fraction of sp³-hybridized carbons (Fsp3) is 0.583. The Hall–Kier alpha value is -0.930. The fourth-order valence-corrected chi connectivity index (χ4v) is 1.52.